The highest BCUT2D eigenvalue weighted by Crippen LogP contribution is 2.45. The number of rotatable bonds is 4. The predicted molar refractivity (Wildman–Crippen MR) is 75.6 cm³/mol. The Kier molecular flexibility index (Phi) is 3.26. The van der Waals surface area contributed by atoms with Crippen molar-refractivity contribution in [3.8, 4) is 0 Å². The highest BCUT2D eigenvalue weighted by molar-refractivity contribution is 5.80. The Balaban J connectivity index is 1.68. The third kappa shape index (κ3) is 2.72. The summed E-state index contributed by atoms with van der Waals surface area (Å²) < 4.78 is 13.1. The fourth-order valence-corrected chi connectivity index (χ4v) is 2.51. The van der Waals surface area contributed by atoms with Gasteiger partial charge in [-0.15, -0.1) is 0 Å². The van der Waals surface area contributed by atoms with Crippen molar-refractivity contribution >= 4 is 5.91 Å². The molecule has 2 aromatic rings. The van der Waals surface area contributed by atoms with Crippen molar-refractivity contribution in [2.45, 2.75) is 24.8 Å². The zero-order valence-electron chi connectivity index (χ0n) is 11.1. The van der Waals surface area contributed by atoms with Crippen molar-refractivity contribution in [3.05, 3.63) is 71.5 Å². The predicted octanol–water partition coefficient (Wildman–Crippen LogP) is 3.17. The van der Waals surface area contributed by atoms with Crippen LogP contribution in [0, 0.1) is 5.82 Å². The van der Waals surface area contributed by atoms with Crippen molar-refractivity contribution in [2.75, 3.05) is 0 Å². The Hall–Kier alpha value is -2.16. The molecule has 1 amide bonds. The van der Waals surface area contributed by atoms with Gasteiger partial charge in [-0.1, -0.05) is 42.5 Å². The minimum absolute atomic E-state index is 0.0584. The molecule has 102 valence electrons. The molecule has 1 aliphatic rings. The quantitative estimate of drug-likeness (QED) is 0.907. The Morgan fingerprint density at radius 2 is 1.85 bits per heavy atom. The minimum Gasteiger partial charge on any atom is -0.346 e. The van der Waals surface area contributed by atoms with Gasteiger partial charge in [-0.2, -0.15) is 0 Å². The second-order valence-corrected chi connectivity index (χ2v) is 5.30. The maximum Gasteiger partial charge on any atom is 0.225 e. The number of hydrogen-bond donors (Lipinski definition) is 1. The molecule has 1 fully saturated rings. The first-order valence-electron chi connectivity index (χ1n) is 6.79. The van der Waals surface area contributed by atoms with Gasteiger partial charge in [0.1, 0.15) is 5.82 Å². The molecule has 0 bridgehead atoms. The summed E-state index contributed by atoms with van der Waals surface area (Å²) in [5, 5.41) is 3.09. The van der Waals surface area contributed by atoms with Gasteiger partial charge in [-0.25, -0.2) is 4.39 Å². The van der Waals surface area contributed by atoms with Crippen LogP contribution in [0.2, 0.25) is 0 Å². The number of hydrogen-bond acceptors (Lipinski definition) is 1. The molecule has 2 nitrogen and oxygen atoms in total. The highest BCUT2D eigenvalue weighted by Gasteiger charge is 2.45. The van der Waals surface area contributed by atoms with Gasteiger partial charge in [0.05, 0.1) is 12.0 Å². The number of benzene rings is 2. The van der Waals surface area contributed by atoms with E-state index in [1.54, 1.807) is 12.1 Å². The average Bonchev–Trinajstić information content (AvgIpc) is 3.20. The van der Waals surface area contributed by atoms with Crippen LogP contribution in [0.5, 0.6) is 0 Å². The Morgan fingerprint density at radius 1 is 1.10 bits per heavy atom. The summed E-state index contributed by atoms with van der Waals surface area (Å²) in [5.74, 6) is -0.364. The van der Waals surface area contributed by atoms with Gasteiger partial charge < -0.3 is 5.32 Å². The fourth-order valence-electron chi connectivity index (χ4n) is 2.51. The molecule has 3 rings (SSSR count). The SMILES string of the molecule is O=C(Cc1cccc(F)c1)NC1(c2ccccc2)CC1. The van der Waals surface area contributed by atoms with Crippen LogP contribution in [0.3, 0.4) is 0 Å². The first-order valence-corrected chi connectivity index (χ1v) is 6.79. The van der Waals surface area contributed by atoms with Crippen molar-refractivity contribution < 1.29 is 9.18 Å². The van der Waals surface area contributed by atoms with Gasteiger partial charge in [-0.3, -0.25) is 4.79 Å². The Bertz CT molecular complexity index is 620. The molecule has 0 atom stereocenters. The Morgan fingerprint density at radius 3 is 2.50 bits per heavy atom. The monoisotopic (exact) mass is 269 g/mol. The number of amides is 1. The lowest BCUT2D eigenvalue weighted by molar-refractivity contribution is -0.121. The van der Waals surface area contributed by atoms with E-state index in [1.807, 2.05) is 30.3 Å². The van der Waals surface area contributed by atoms with Crippen molar-refractivity contribution in [3.63, 3.8) is 0 Å². The molecule has 1 N–H and O–H groups in total. The summed E-state index contributed by atoms with van der Waals surface area (Å²) >= 11 is 0. The van der Waals surface area contributed by atoms with Crippen LogP contribution in [0.25, 0.3) is 0 Å². The molecule has 0 radical (unpaired) electrons. The van der Waals surface area contributed by atoms with Gasteiger partial charge in [0, 0.05) is 0 Å². The van der Waals surface area contributed by atoms with Crippen LogP contribution < -0.4 is 5.32 Å². The molecule has 0 aromatic heterocycles. The average molecular weight is 269 g/mol. The molecule has 0 heterocycles. The maximum atomic E-state index is 13.1. The van der Waals surface area contributed by atoms with E-state index in [2.05, 4.69) is 5.32 Å². The molecule has 2 aromatic carbocycles. The van der Waals surface area contributed by atoms with E-state index in [1.165, 1.54) is 12.1 Å². The normalized spacial score (nSPS) is 15.7. The van der Waals surface area contributed by atoms with Crippen molar-refractivity contribution in [1.82, 2.24) is 5.32 Å². The molecule has 0 saturated heterocycles. The van der Waals surface area contributed by atoms with E-state index < -0.39 is 0 Å². The van der Waals surface area contributed by atoms with Crippen LogP contribution in [0.15, 0.2) is 54.6 Å². The molecular weight excluding hydrogens is 253 g/mol. The summed E-state index contributed by atoms with van der Waals surface area (Å²) in [7, 11) is 0. The molecule has 1 aliphatic carbocycles. The standard InChI is InChI=1S/C17H16FNO/c18-15-8-4-5-13(11-15)12-16(20)19-17(9-10-17)14-6-2-1-3-7-14/h1-8,11H,9-10,12H2,(H,19,20). The van der Waals surface area contributed by atoms with Gasteiger partial charge in [0.15, 0.2) is 0 Å². The number of halogens is 1. The van der Waals surface area contributed by atoms with Gasteiger partial charge in [0.25, 0.3) is 0 Å². The van der Waals surface area contributed by atoms with E-state index in [0.717, 1.165) is 18.4 Å². The van der Waals surface area contributed by atoms with E-state index in [-0.39, 0.29) is 23.7 Å². The second-order valence-electron chi connectivity index (χ2n) is 5.30. The van der Waals surface area contributed by atoms with Gasteiger partial charge >= 0.3 is 0 Å². The number of nitrogens with one attached hydrogen (secondary N) is 1. The van der Waals surface area contributed by atoms with Crippen molar-refractivity contribution in [1.29, 1.82) is 0 Å². The molecular formula is C17H16FNO. The number of carbonyl (C=O) groups is 1. The molecule has 0 unspecified atom stereocenters. The zero-order valence-corrected chi connectivity index (χ0v) is 11.1. The number of carbonyl (C=O) groups excluding carboxylic acids is 1. The lowest BCUT2D eigenvalue weighted by Crippen LogP contribution is -2.35. The summed E-state index contributed by atoms with van der Waals surface area (Å²) in [6, 6.07) is 16.2. The molecule has 0 aliphatic heterocycles. The van der Waals surface area contributed by atoms with Crippen LogP contribution >= 0.6 is 0 Å². The lowest BCUT2D eigenvalue weighted by Gasteiger charge is -2.18. The van der Waals surface area contributed by atoms with Crippen molar-refractivity contribution in [2.24, 2.45) is 0 Å². The first kappa shape index (κ1) is 12.9. The fraction of sp³-hybridized carbons (Fsp3) is 0.235. The largest absolute Gasteiger partial charge is 0.346 e. The van der Waals surface area contributed by atoms with Crippen LogP contribution in [-0.2, 0) is 16.8 Å². The van der Waals surface area contributed by atoms with E-state index in [4.69, 9.17) is 0 Å². The third-order valence-electron chi connectivity index (χ3n) is 3.71. The molecule has 20 heavy (non-hydrogen) atoms. The zero-order chi connectivity index (χ0) is 14.0. The van der Waals surface area contributed by atoms with Gasteiger partial charge in [-0.05, 0) is 36.1 Å². The summed E-state index contributed by atoms with van der Waals surface area (Å²) in [6.45, 7) is 0. The van der Waals surface area contributed by atoms with E-state index >= 15 is 0 Å². The second kappa shape index (κ2) is 5.08. The highest BCUT2D eigenvalue weighted by atomic mass is 19.1. The summed E-state index contributed by atoms with van der Waals surface area (Å²) in [4.78, 5) is 12.1. The third-order valence-corrected chi connectivity index (χ3v) is 3.71. The van der Waals surface area contributed by atoms with Crippen LogP contribution in [0.4, 0.5) is 4.39 Å². The molecule has 1 saturated carbocycles. The Labute approximate surface area is 117 Å². The topological polar surface area (TPSA) is 29.1 Å². The summed E-state index contributed by atoms with van der Waals surface area (Å²) in [6.07, 6.45) is 2.14. The first-order chi connectivity index (χ1) is 9.68. The van der Waals surface area contributed by atoms with Gasteiger partial charge in [0.2, 0.25) is 5.91 Å². The maximum absolute atomic E-state index is 13.1. The molecule has 0 spiro atoms. The lowest BCUT2D eigenvalue weighted by atomic mass is 10.0. The van der Waals surface area contributed by atoms with E-state index in [9.17, 15) is 9.18 Å². The molecule has 3 heteroatoms. The van der Waals surface area contributed by atoms with Crippen LogP contribution in [0.1, 0.15) is 24.0 Å². The smallest absolute Gasteiger partial charge is 0.225 e. The summed E-state index contributed by atoms with van der Waals surface area (Å²) in [5.41, 5.74) is 1.64. The van der Waals surface area contributed by atoms with Crippen LogP contribution in [-0.4, -0.2) is 5.91 Å². The van der Waals surface area contributed by atoms with E-state index in [0.29, 0.717) is 5.56 Å². The minimum atomic E-state index is -0.306.